The number of rotatable bonds is 2. The number of carbonyl (C=O) groups excluding carboxylic acids is 1. The predicted octanol–water partition coefficient (Wildman–Crippen LogP) is 3.25. The van der Waals surface area contributed by atoms with E-state index in [1.807, 2.05) is 11.9 Å². The van der Waals surface area contributed by atoms with E-state index in [4.69, 9.17) is 0 Å². The van der Waals surface area contributed by atoms with Crippen LogP contribution in [0.25, 0.3) is 0 Å². The molecule has 3 heteroatoms. The van der Waals surface area contributed by atoms with Crippen molar-refractivity contribution in [2.45, 2.75) is 60.9 Å². The first-order valence-corrected chi connectivity index (χ1v) is 7.96. The zero-order valence-corrected chi connectivity index (χ0v) is 14.8. The van der Waals surface area contributed by atoms with Gasteiger partial charge in [-0.3, -0.25) is 9.69 Å². The lowest BCUT2D eigenvalue weighted by atomic mass is 9.67. The van der Waals surface area contributed by atoms with Crippen LogP contribution in [-0.2, 0) is 4.79 Å². The van der Waals surface area contributed by atoms with Gasteiger partial charge in [0.05, 0.1) is 6.54 Å². The zero-order chi connectivity index (χ0) is 15.7. The van der Waals surface area contributed by atoms with Crippen molar-refractivity contribution in [3.8, 4) is 0 Å². The molecule has 0 saturated carbocycles. The number of likely N-dealkylation sites (N-methyl/N-ethyl adjacent to an activating group) is 1. The van der Waals surface area contributed by atoms with Crippen molar-refractivity contribution in [3.63, 3.8) is 0 Å². The van der Waals surface area contributed by atoms with Gasteiger partial charge in [0.2, 0.25) is 5.91 Å². The summed E-state index contributed by atoms with van der Waals surface area (Å²) in [5.41, 5.74) is 0.299. The quantitative estimate of drug-likeness (QED) is 0.776. The average molecular weight is 282 g/mol. The van der Waals surface area contributed by atoms with Crippen molar-refractivity contribution < 1.29 is 4.79 Å². The van der Waals surface area contributed by atoms with Crippen molar-refractivity contribution >= 4 is 5.91 Å². The molecule has 1 aliphatic rings. The third-order valence-corrected chi connectivity index (χ3v) is 4.55. The second-order valence-electron chi connectivity index (χ2n) is 8.52. The van der Waals surface area contributed by atoms with Gasteiger partial charge in [0.25, 0.3) is 0 Å². The lowest BCUT2D eigenvalue weighted by molar-refractivity contribution is -0.134. The van der Waals surface area contributed by atoms with E-state index in [1.165, 1.54) is 0 Å². The zero-order valence-electron chi connectivity index (χ0n) is 14.8. The molecule has 2 unspecified atom stereocenters. The summed E-state index contributed by atoms with van der Waals surface area (Å²) in [5, 5.41) is 0. The van der Waals surface area contributed by atoms with Gasteiger partial charge in [-0.05, 0) is 29.7 Å². The Kier molecular flexibility index (Phi) is 5.29. The Hall–Kier alpha value is -0.570. The van der Waals surface area contributed by atoms with E-state index in [9.17, 15) is 4.79 Å². The van der Waals surface area contributed by atoms with Gasteiger partial charge in [0, 0.05) is 19.6 Å². The van der Waals surface area contributed by atoms with Crippen LogP contribution in [-0.4, -0.2) is 48.4 Å². The molecule has 0 N–H and O–H groups in total. The number of nitrogens with zero attached hydrogens (tertiary/aromatic N) is 2. The maximum absolute atomic E-state index is 12.5. The summed E-state index contributed by atoms with van der Waals surface area (Å²) in [5.74, 6) is 0.760. The maximum Gasteiger partial charge on any atom is 0.236 e. The second-order valence-corrected chi connectivity index (χ2v) is 8.52. The van der Waals surface area contributed by atoms with Gasteiger partial charge in [0.15, 0.2) is 0 Å². The van der Waals surface area contributed by atoms with Crippen molar-refractivity contribution in [3.05, 3.63) is 0 Å². The summed E-state index contributed by atoms with van der Waals surface area (Å²) < 4.78 is 0. The number of hydrogen-bond acceptors (Lipinski definition) is 2. The van der Waals surface area contributed by atoms with Gasteiger partial charge in [0.1, 0.15) is 0 Å². The maximum atomic E-state index is 12.5. The fourth-order valence-electron chi connectivity index (χ4n) is 3.59. The molecular weight excluding hydrogens is 248 g/mol. The molecule has 0 bridgehead atoms. The van der Waals surface area contributed by atoms with Gasteiger partial charge in [-0.1, -0.05) is 48.5 Å². The van der Waals surface area contributed by atoms with Crippen LogP contribution in [0, 0.1) is 16.7 Å². The van der Waals surface area contributed by atoms with E-state index in [1.54, 1.807) is 0 Å². The summed E-state index contributed by atoms with van der Waals surface area (Å²) in [6.45, 7) is 18.5. The number of carbonyl (C=O) groups is 1. The van der Waals surface area contributed by atoms with Gasteiger partial charge in [-0.15, -0.1) is 0 Å². The third kappa shape index (κ3) is 3.97. The lowest BCUT2D eigenvalue weighted by Gasteiger charge is -2.47. The second kappa shape index (κ2) is 6.05. The standard InChI is InChI=1S/C17H34N2O/c1-9-10-19-11-13(16(2,3)4)15(17(5,6)7)18(8)14(20)12-19/h13,15H,9-12H2,1-8H3. The molecule has 118 valence electrons. The highest BCUT2D eigenvalue weighted by atomic mass is 16.2. The molecule has 0 aliphatic carbocycles. The molecule has 1 saturated heterocycles. The Morgan fingerprint density at radius 3 is 2.05 bits per heavy atom. The van der Waals surface area contributed by atoms with Crippen LogP contribution in [0.3, 0.4) is 0 Å². The highest BCUT2D eigenvalue weighted by molar-refractivity contribution is 5.78. The summed E-state index contributed by atoms with van der Waals surface area (Å²) in [7, 11) is 1.99. The van der Waals surface area contributed by atoms with Gasteiger partial charge >= 0.3 is 0 Å². The van der Waals surface area contributed by atoms with E-state index in [0.29, 0.717) is 12.5 Å². The minimum absolute atomic E-state index is 0.102. The summed E-state index contributed by atoms with van der Waals surface area (Å²) in [6.07, 6.45) is 1.11. The molecule has 2 atom stereocenters. The molecule has 20 heavy (non-hydrogen) atoms. The molecule has 0 aromatic heterocycles. The van der Waals surface area contributed by atoms with Gasteiger partial charge < -0.3 is 4.90 Å². The Balaban J connectivity index is 3.19. The fraction of sp³-hybridized carbons (Fsp3) is 0.941. The normalized spacial score (nSPS) is 26.8. The number of hydrogen-bond donors (Lipinski definition) is 0. The first kappa shape index (κ1) is 17.5. The smallest absolute Gasteiger partial charge is 0.236 e. The largest absolute Gasteiger partial charge is 0.341 e. The van der Waals surface area contributed by atoms with Gasteiger partial charge in [-0.25, -0.2) is 0 Å². The topological polar surface area (TPSA) is 23.6 Å². The van der Waals surface area contributed by atoms with Crippen molar-refractivity contribution in [2.24, 2.45) is 16.7 Å². The van der Waals surface area contributed by atoms with E-state index < -0.39 is 0 Å². The first-order valence-electron chi connectivity index (χ1n) is 7.96. The van der Waals surface area contributed by atoms with Crippen molar-refractivity contribution in [1.29, 1.82) is 0 Å². The third-order valence-electron chi connectivity index (χ3n) is 4.55. The van der Waals surface area contributed by atoms with Crippen LogP contribution in [0.1, 0.15) is 54.9 Å². The van der Waals surface area contributed by atoms with Crippen LogP contribution in [0.5, 0.6) is 0 Å². The minimum atomic E-state index is 0.102. The Bertz CT molecular complexity index is 338. The molecule has 0 spiro atoms. The SMILES string of the molecule is CCCN1CC(=O)N(C)C(C(C)(C)C)C(C(C)(C)C)C1. The first-order chi connectivity index (χ1) is 8.98. The summed E-state index contributed by atoms with van der Waals surface area (Å²) >= 11 is 0. The van der Waals surface area contributed by atoms with Crippen LogP contribution in [0.4, 0.5) is 0 Å². The predicted molar refractivity (Wildman–Crippen MR) is 85.7 cm³/mol. The van der Waals surface area contributed by atoms with Crippen LogP contribution in [0.2, 0.25) is 0 Å². The van der Waals surface area contributed by atoms with Crippen LogP contribution in [0.15, 0.2) is 0 Å². The Labute approximate surface area is 125 Å². The lowest BCUT2D eigenvalue weighted by Crippen LogP contribution is -2.52. The molecular formula is C17H34N2O. The average Bonchev–Trinajstić information content (AvgIpc) is 2.36. The Morgan fingerprint density at radius 1 is 1.10 bits per heavy atom. The number of amides is 1. The van der Waals surface area contributed by atoms with Crippen LogP contribution < -0.4 is 0 Å². The van der Waals surface area contributed by atoms with Crippen molar-refractivity contribution in [2.75, 3.05) is 26.7 Å². The fourth-order valence-corrected chi connectivity index (χ4v) is 3.59. The monoisotopic (exact) mass is 282 g/mol. The van der Waals surface area contributed by atoms with E-state index in [0.717, 1.165) is 19.5 Å². The molecule has 3 nitrogen and oxygen atoms in total. The molecule has 0 aromatic rings. The minimum Gasteiger partial charge on any atom is -0.341 e. The van der Waals surface area contributed by atoms with Crippen molar-refractivity contribution in [1.82, 2.24) is 9.80 Å². The van der Waals surface area contributed by atoms with E-state index in [2.05, 4.69) is 53.4 Å². The molecule has 1 rings (SSSR count). The molecule has 1 heterocycles. The summed E-state index contributed by atoms with van der Waals surface area (Å²) in [4.78, 5) is 16.9. The van der Waals surface area contributed by atoms with E-state index >= 15 is 0 Å². The Morgan fingerprint density at radius 2 is 1.65 bits per heavy atom. The molecule has 0 aromatic carbocycles. The van der Waals surface area contributed by atoms with Crippen LogP contribution >= 0.6 is 0 Å². The van der Waals surface area contributed by atoms with E-state index in [-0.39, 0.29) is 22.8 Å². The summed E-state index contributed by atoms with van der Waals surface area (Å²) in [6, 6.07) is 0.289. The highest BCUT2D eigenvalue weighted by Crippen LogP contribution is 2.40. The molecule has 0 radical (unpaired) electrons. The molecule has 1 amide bonds. The highest BCUT2D eigenvalue weighted by Gasteiger charge is 2.45. The molecule has 1 fully saturated rings. The molecule has 1 aliphatic heterocycles. The van der Waals surface area contributed by atoms with Gasteiger partial charge in [-0.2, -0.15) is 0 Å².